The molecule has 1 saturated heterocycles. The van der Waals surface area contributed by atoms with E-state index in [4.69, 9.17) is 0 Å². The summed E-state index contributed by atoms with van der Waals surface area (Å²) in [6, 6.07) is 0. The number of hydrogen-bond acceptors (Lipinski definition) is 2. The maximum absolute atomic E-state index is 3.85. The quantitative estimate of drug-likeness (QED) is 0.697. The van der Waals surface area contributed by atoms with Crippen LogP contribution in [0.4, 0.5) is 0 Å². The van der Waals surface area contributed by atoms with Gasteiger partial charge in [0.05, 0.1) is 0 Å². The molecule has 1 rings (SSSR count). The summed E-state index contributed by atoms with van der Waals surface area (Å²) in [6.07, 6.45) is 7.63. The van der Waals surface area contributed by atoms with E-state index in [0.717, 1.165) is 6.54 Å². The molecule has 1 aliphatic heterocycles. The molecule has 0 amide bonds. The van der Waals surface area contributed by atoms with Crippen LogP contribution >= 0.6 is 0 Å². The van der Waals surface area contributed by atoms with Gasteiger partial charge in [-0.25, -0.2) is 0 Å². The predicted octanol–water partition coefficient (Wildman–Crippen LogP) is 3.08. The van der Waals surface area contributed by atoms with Crippen LogP contribution in [0, 0.1) is 0 Å². The van der Waals surface area contributed by atoms with Gasteiger partial charge in [-0.3, -0.25) is 0 Å². The molecule has 2 N–H and O–H groups in total. The summed E-state index contributed by atoms with van der Waals surface area (Å²) in [5.74, 6) is 0. The van der Waals surface area contributed by atoms with Crippen LogP contribution in [0.15, 0.2) is 0 Å². The largest absolute Gasteiger partial charge is 0.310 e. The molecule has 0 bridgehead atoms. The zero-order chi connectivity index (χ0) is 12.1. The highest BCUT2D eigenvalue weighted by atomic mass is 15.1. The third-order valence-electron chi connectivity index (χ3n) is 4.84. The van der Waals surface area contributed by atoms with Crippen molar-refractivity contribution in [2.24, 2.45) is 0 Å². The zero-order valence-corrected chi connectivity index (χ0v) is 11.7. The van der Waals surface area contributed by atoms with Crippen LogP contribution in [0.3, 0.4) is 0 Å². The first-order chi connectivity index (χ1) is 7.66. The van der Waals surface area contributed by atoms with Gasteiger partial charge in [0.25, 0.3) is 0 Å². The first-order valence-electron chi connectivity index (χ1n) is 7.16. The SMILES string of the molecule is CCC(CC)(CC)NCC1(CC)CCCN1. The molecule has 1 heterocycles. The summed E-state index contributed by atoms with van der Waals surface area (Å²) in [5, 5.41) is 7.56. The Labute approximate surface area is 102 Å². The molecule has 1 aliphatic rings. The van der Waals surface area contributed by atoms with Gasteiger partial charge in [0.1, 0.15) is 0 Å². The van der Waals surface area contributed by atoms with Crippen molar-refractivity contribution in [3.8, 4) is 0 Å². The van der Waals surface area contributed by atoms with Gasteiger partial charge in [-0.1, -0.05) is 27.7 Å². The van der Waals surface area contributed by atoms with E-state index in [2.05, 4.69) is 38.3 Å². The molecule has 96 valence electrons. The Morgan fingerprint density at radius 1 is 1.12 bits per heavy atom. The lowest BCUT2D eigenvalue weighted by Crippen LogP contribution is -2.55. The van der Waals surface area contributed by atoms with Gasteiger partial charge in [-0.2, -0.15) is 0 Å². The Hall–Kier alpha value is -0.0800. The maximum Gasteiger partial charge on any atom is 0.0304 e. The lowest BCUT2D eigenvalue weighted by Gasteiger charge is -2.37. The molecule has 0 aromatic heterocycles. The molecule has 1 atom stereocenters. The van der Waals surface area contributed by atoms with Crippen molar-refractivity contribution in [2.45, 2.75) is 77.3 Å². The Bertz CT molecular complexity index is 174. The Morgan fingerprint density at radius 2 is 1.75 bits per heavy atom. The van der Waals surface area contributed by atoms with E-state index in [9.17, 15) is 0 Å². The smallest absolute Gasteiger partial charge is 0.0304 e. The summed E-state index contributed by atoms with van der Waals surface area (Å²) < 4.78 is 0. The first-order valence-corrected chi connectivity index (χ1v) is 7.16. The van der Waals surface area contributed by atoms with Crippen molar-refractivity contribution < 1.29 is 0 Å². The standard InChI is InChI=1S/C14H30N2/c1-5-13(6-2,7-3)16-12-14(8-4)10-9-11-15-14/h15-16H,5-12H2,1-4H3. The van der Waals surface area contributed by atoms with Gasteiger partial charge >= 0.3 is 0 Å². The minimum absolute atomic E-state index is 0.367. The van der Waals surface area contributed by atoms with Crippen LogP contribution in [0.2, 0.25) is 0 Å². The summed E-state index contributed by atoms with van der Waals surface area (Å²) in [7, 11) is 0. The third kappa shape index (κ3) is 2.98. The number of hydrogen-bond donors (Lipinski definition) is 2. The van der Waals surface area contributed by atoms with Gasteiger partial charge in [-0.15, -0.1) is 0 Å². The average molecular weight is 226 g/mol. The summed E-state index contributed by atoms with van der Waals surface area (Å²) >= 11 is 0. The molecular formula is C14H30N2. The molecule has 0 radical (unpaired) electrons. The fourth-order valence-electron chi connectivity index (χ4n) is 2.93. The second-order valence-electron chi connectivity index (χ2n) is 5.36. The van der Waals surface area contributed by atoms with Crippen LogP contribution in [0.1, 0.15) is 66.2 Å². The van der Waals surface area contributed by atoms with E-state index in [-0.39, 0.29) is 0 Å². The van der Waals surface area contributed by atoms with E-state index in [1.165, 1.54) is 45.1 Å². The Morgan fingerprint density at radius 3 is 2.12 bits per heavy atom. The second-order valence-corrected chi connectivity index (χ2v) is 5.36. The van der Waals surface area contributed by atoms with E-state index < -0.39 is 0 Å². The molecule has 16 heavy (non-hydrogen) atoms. The second kappa shape index (κ2) is 6.02. The number of nitrogens with one attached hydrogen (secondary N) is 2. The van der Waals surface area contributed by atoms with Crippen molar-refractivity contribution in [1.82, 2.24) is 10.6 Å². The first kappa shape index (κ1) is 14.0. The topological polar surface area (TPSA) is 24.1 Å². The highest BCUT2D eigenvalue weighted by molar-refractivity contribution is 4.96. The summed E-state index contributed by atoms with van der Waals surface area (Å²) in [4.78, 5) is 0. The Balaban J connectivity index is 2.53. The molecule has 0 spiro atoms. The van der Waals surface area contributed by atoms with Gasteiger partial charge in [0.15, 0.2) is 0 Å². The highest BCUT2D eigenvalue weighted by Crippen LogP contribution is 2.25. The highest BCUT2D eigenvalue weighted by Gasteiger charge is 2.34. The van der Waals surface area contributed by atoms with E-state index in [1.54, 1.807) is 0 Å². The normalized spacial score (nSPS) is 26.2. The van der Waals surface area contributed by atoms with Crippen molar-refractivity contribution in [1.29, 1.82) is 0 Å². The minimum atomic E-state index is 0.367. The van der Waals surface area contributed by atoms with Crippen LogP contribution < -0.4 is 10.6 Å². The van der Waals surface area contributed by atoms with Crippen LogP contribution in [0.25, 0.3) is 0 Å². The molecule has 0 aromatic rings. The van der Waals surface area contributed by atoms with Crippen molar-refractivity contribution in [2.75, 3.05) is 13.1 Å². The zero-order valence-electron chi connectivity index (χ0n) is 11.7. The van der Waals surface area contributed by atoms with E-state index in [0.29, 0.717) is 11.1 Å². The molecule has 1 fully saturated rings. The van der Waals surface area contributed by atoms with Crippen LogP contribution in [-0.2, 0) is 0 Å². The van der Waals surface area contributed by atoms with Crippen molar-refractivity contribution in [3.63, 3.8) is 0 Å². The van der Waals surface area contributed by atoms with Crippen LogP contribution in [0.5, 0.6) is 0 Å². The molecule has 2 heteroatoms. The average Bonchev–Trinajstić information content (AvgIpc) is 2.81. The monoisotopic (exact) mass is 226 g/mol. The summed E-state index contributed by atoms with van der Waals surface area (Å²) in [6.45, 7) is 11.6. The number of rotatable bonds is 7. The van der Waals surface area contributed by atoms with Gasteiger partial charge < -0.3 is 10.6 Å². The van der Waals surface area contributed by atoms with Crippen molar-refractivity contribution in [3.05, 3.63) is 0 Å². The van der Waals surface area contributed by atoms with Crippen LogP contribution in [-0.4, -0.2) is 24.2 Å². The predicted molar refractivity (Wildman–Crippen MR) is 71.9 cm³/mol. The lowest BCUT2D eigenvalue weighted by molar-refractivity contribution is 0.238. The van der Waals surface area contributed by atoms with Crippen molar-refractivity contribution >= 4 is 0 Å². The molecule has 2 nitrogen and oxygen atoms in total. The fourth-order valence-corrected chi connectivity index (χ4v) is 2.93. The molecule has 0 aromatic carbocycles. The Kier molecular flexibility index (Phi) is 5.26. The molecule has 1 unspecified atom stereocenters. The molecule has 0 saturated carbocycles. The van der Waals surface area contributed by atoms with E-state index in [1.807, 2.05) is 0 Å². The molecule has 0 aliphatic carbocycles. The van der Waals surface area contributed by atoms with Gasteiger partial charge in [0, 0.05) is 17.6 Å². The minimum Gasteiger partial charge on any atom is -0.310 e. The van der Waals surface area contributed by atoms with E-state index >= 15 is 0 Å². The maximum atomic E-state index is 3.85. The molecular weight excluding hydrogens is 196 g/mol. The van der Waals surface area contributed by atoms with Gasteiger partial charge in [0.2, 0.25) is 0 Å². The summed E-state index contributed by atoms with van der Waals surface area (Å²) in [5.41, 5.74) is 0.747. The lowest BCUT2D eigenvalue weighted by atomic mass is 9.87. The fraction of sp³-hybridized carbons (Fsp3) is 1.00. The van der Waals surface area contributed by atoms with Gasteiger partial charge in [-0.05, 0) is 45.1 Å². The third-order valence-corrected chi connectivity index (χ3v) is 4.84.